The fourth-order valence-corrected chi connectivity index (χ4v) is 3.93. The van der Waals surface area contributed by atoms with Gasteiger partial charge in [0.25, 0.3) is 0 Å². The van der Waals surface area contributed by atoms with Crippen molar-refractivity contribution in [3.05, 3.63) is 33.8 Å². The second-order valence-corrected chi connectivity index (χ2v) is 5.99. The van der Waals surface area contributed by atoms with E-state index in [0.29, 0.717) is 5.41 Å². The van der Waals surface area contributed by atoms with Gasteiger partial charge in [-0.25, -0.2) is 0 Å². The van der Waals surface area contributed by atoms with Gasteiger partial charge in [0.1, 0.15) is 0 Å². The summed E-state index contributed by atoms with van der Waals surface area (Å²) in [5.74, 6) is 0.878. The molecular formula is C14H18BrN. The first kappa shape index (κ1) is 10.8. The molecule has 2 aliphatic rings. The van der Waals surface area contributed by atoms with E-state index < -0.39 is 0 Å². The van der Waals surface area contributed by atoms with Crippen LogP contribution in [0.2, 0.25) is 0 Å². The predicted octanol–water partition coefficient (Wildman–Crippen LogP) is 3.26. The van der Waals surface area contributed by atoms with Gasteiger partial charge in [0.15, 0.2) is 0 Å². The summed E-state index contributed by atoms with van der Waals surface area (Å²) in [6.45, 7) is 4.48. The molecule has 3 rings (SSSR count). The molecule has 1 saturated carbocycles. The molecule has 1 spiro atoms. The number of benzene rings is 1. The van der Waals surface area contributed by atoms with Crippen molar-refractivity contribution in [2.24, 2.45) is 5.92 Å². The Hall–Kier alpha value is -0.340. The zero-order valence-corrected chi connectivity index (χ0v) is 11.3. The first-order valence-corrected chi connectivity index (χ1v) is 7.06. The molecule has 2 heteroatoms. The molecule has 2 aliphatic carbocycles. The fourth-order valence-electron chi connectivity index (χ4n) is 3.36. The standard InChI is InChI=1S/C14H18BrN/c1-2-16-9-10-8-14(10)7-6-11-12(14)4-3-5-13(11)15/h3-5,10,16H,2,6-9H2,1H3. The van der Waals surface area contributed by atoms with Crippen molar-refractivity contribution in [1.29, 1.82) is 0 Å². The number of halogens is 1. The molecule has 0 amide bonds. The lowest BCUT2D eigenvalue weighted by Crippen LogP contribution is -2.19. The lowest BCUT2D eigenvalue weighted by Gasteiger charge is -2.12. The number of hydrogen-bond acceptors (Lipinski definition) is 1. The third-order valence-electron chi connectivity index (χ3n) is 4.35. The van der Waals surface area contributed by atoms with Crippen molar-refractivity contribution in [3.63, 3.8) is 0 Å². The zero-order valence-electron chi connectivity index (χ0n) is 9.72. The smallest absolute Gasteiger partial charge is 0.0210 e. The highest BCUT2D eigenvalue weighted by molar-refractivity contribution is 9.10. The highest BCUT2D eigenvalue weighted by Crippen LogP contribution is 2.61. The van der Waals surface area contributed by atoms with E-state index in [4.69, 9.17) is 0 Å². The van der Waals surface area contributed by atoms with Crippen LogP contribution >= 0.6 is 15.9 Å². The van der Waals surface area contributed by atoms with Crippen LogP contribution in [0, 0.1) is 5.92 Å². The second kappa shape index (κ2) is 3.85. The van der Waals surface area contributed by atoms with E-state index in [1.54, 1.807) is 11.1 Å². The van der Waals surface area contributed by atoms with Crippen molar-refractivity contribution < 1.29 is 0 Å². The number of rotatable bonds is 3. The molecule has 1 nitrogen and oxygen atoms in total. The van der Waals surface area contributed by atoms with Crippen LogP contribution in [-0.2, 0) is 11.8 Å². The van der Waals surface area contributed by atoms with Crippen LogP contribution in [-0.4, -0.2) is 13.1 Å². The van der Waals surface area contributed by atoms with Gasteiger partial charge >= 0.3 is 0 Å². The summed E-state index contributed by atoms with van der Waals surface area (Å²) in [7, 11) is 0. The van der Waals surface area contributed by atoms with Gasteiger partial charge in [-0.15, -0.1) is 0 Å². The molecule has 2 atom stereocenters. The minimum absolute atomic E-state index is 0.543. The van der Waals surface area contributed by atoms with Crippen molar-refractivity contribution in [3.8, 4) is 0 Å². The third-order valence-corrected chi connectivity index (χ3v) is 5.09. The Labute approximate surface area is 106 Å². The van der Waals surface area contributed by atoms with E-state index in [0.717, 1.165) is 12.5 Å². The maximum atomic E-state index is 3.68. The van der Waals surface area contributed by atoms with Gasteiger partial charge in [-0.2, -0.15) is 0 Å². The van der Waals surface area contributed by atoms with E-state index in [-0.39, 0.29) is 0 Å². The molecule has 16 heavy (non-hydrogen) atoms. The molecule has 1 aromatic carbocycles. The molecular weight excluding hydrogens is 262 g/mol. The molecule has 0 aromatic heterocycles. The summed E-state index contributed by atoms with van der Waals surface area (Å²) < 4.78 is 1.32. The molecule has 2 unspecified atom stereocenters. The van der Waals surface area contributed by atoms with Crippen molar-refractivity contribution >= 4 is 15.9 Å². The molecule has 0 aliphatic heterocycles. The Morgan fingerprint density at radius 3 is 3.19 bits per heavy atom. The molecule has 1 aromatic rings. The average Bonchev–Trinajstić information content (AvgIpc) is 2.85. The number of nitrogens with one attached hydrogen (secondary N) is 1. The largest absolute Gasteiger partial charge is 0.317 e. The van der Waals surface area contributed by atoms with Gasteiger partial charge in [-0.3, -0.25) is 0 Å². The van der Waals surface area contributed by atoms with E-state index in [2.05, 4.69) is 46.4 Å². The van der Waals surface area contributed by atoms with E-state index in [9.17, 15) is 0 Å². The van der Waals surface area contributed by atoms with Crippen molar-refractivity contribution in [2.45, 2.75) is 31.6 Å². The van der Waals surface area contributed by atoms with Gasteiger partial charge in [0, 0.05) is 9.89 Å². The molecule has 86 valence electrons. The monoisotopic (exact) mass is 279 g/mol. The van der Waals surface area contributed by atoms with Crippen molar-refractivity contribution in [2.75, 3.05) is 13.1 Å². The minimum Gasteiger partial charge on any atom is -0.317 e. The Balaban J connectivity index is 1.85. The van der Waals surface area contributed by atoms with Gasteiger partial charge < -0.3 is 5.32 Å². The van der Waals surface area contributed by atoms with Crippen LogP contribution in [0.4, 0.5) is 0 Å². The summed E-state index contributed by atoms with van der Waals surface area (Å²) in [5.41, 5.74) is 3.74. The summed E-state index contributed by atoms with van der Waals surface area (Å²) in [4.78, 5) is 0. The SMILES string of the molecule is CCNCC1CC12CCc1c(Br)cccc12. The van der Waals surface area contributed by atoms with Gasteiger partial charge in [-0.1, -0.05) is 35.0 Å². The summed E-state index contributed by atoms with van der Waals surface area (Å²) in [5, 5.41) is 3.50. The van der Waals surface area contributed by atoms with E-state index in [1.807, 2.05) is 0 Å². The normalized spacial score (nSPS) is 30.8. The molecule has 0 heterocycles. The number of hydrogen-bond donors (Lipinski definition) is 1. The number of fused-ring (bicyclic) bond motifs is 2. The van der Waals surface area contributed by atoms with Crippen molar-refractivity contribution in [1.82, 2.24) is 5.32 Å². The quantitative estimate of drug-likeness (QED) is 0.896. The van der Waals surface area contributed by atoms with Gasteiger partial charge in [-0.05, 0) is 55.5 Å². The zero-order chi connectivity index (χ0) is 11.2. The molecule has 0 saturated heterocycles. The lowest BCUT2D eigenvalue weighted by atomic mass is 9.95. The van der Waals surface area contributed by atoms with Gasteiger partial charge in [0.05, 0.1) is 0 Å². The minimum atomic E-state index is 0.543. The lowest BCUT2D eigenvalue weighted by molar-refractivity contribution is 0.556. The summed E-state index contributed by atoms with van der Waals surface area (Å²) in [6, 6.07) is 6.72. The fraction of sp³-hybridized carbons (Fsp3) is 0.571. The highest BCUT2D eigenvalue weighted by atomic mass is 79.9. The highest BCUT2D eigenvalue weighted by Gasteiger charge is 2.57. The molecule has 1 fully saturated rings. The van der Waals surface area contributed by atoms with E-state index in [1.165, 1.54) is 30.3 Å². The predicted molar refractivity (Wildman–Crippen MR) is 70.8 cm³/mol. The summed E-state index contributed by atoms with van der Waals surface area (Å²) >= 11 is 3.68. The molecule has 0 radical (unpaired) electrons. The first-order valence-electron chi connectivity index (χ1n) is 6.26. The Kier molecular flexibility index (Phi) is 2.60. The van der Waals surface area contributed by atoms with Crippen LogP contribution in [0.15, 0.2) is 22.7 Å². The van der Waals surface area contributed by atoms with E-state index >= 15 is 0 Å². The Morgan fingerprint density at radius 2 is 2.38 bits per heavy atom. The molecule has 1 N–H and O–H groups in total. The van der Waals surface area contributed by atoms with Crippen LogP contribution in [0.25, 0.3) is 0 Å². The first-order chi connectivity index (χ1) is 7.78. The van der Waals surface area contributed by atoms with Crippen LogP contribution in [0.1, 0.15) is 30.9 Å². The van der Waals surface area contributed by atoms with Gasteiger partial charge in [0.2, 0.25) is 0 Å². The maximum Gasteiger partial charge on any atom is 0.0210 e. The summed E-state index contributed by atoms with van der Waals surface area (Å²) in [6.07, 6.45) is 4.02. The average molecular weight is 280 g/mol. The maximum absolute atomic E-state index is 3.68. The van der Waals surface area contributed by atoms with Crippen LogP contribution < -0.4 is 5.32 Å². The third kappa shape index (κ3) is 1.46. The van der Waals surface area contributed by atoms with Crippen LogP contribution in [0.3, 0.4) is 0 Å². The Morgan fingerprint density at radius 1 is 1.50 bits per heavy atom. The Bertz CT molecular complexity index is 415. The topological polar surface area (TPSA) is 12.0 Å². The molecule has 0 bridgehead atoms. The van der Waals surface area contributed by atoms with Crippen LogP contribution in [0.5, 0.6) is 0 Å². The second-order valence-electron chi connectivity index (χ2n) is 5.13.